The highest BCUT2D eigenvalue weighted by molar-refractivity contribution is 5.99. The van der Waals surface area contributed by atoms with Crippen molar-refractivity contribution in [3.8, 4) is 11.4 Å². The summed E-state index contributed by atoms with van der Waals surface area (Å²) in [6.45, 7) is 1.60. The molecule has 5 heteroatoms. The van der Waals surface area contributed by atoms with Crippen molar-refractivity contribution < 1.29 is 4.79 Å². The minimum absolute atomic E-state index is 0.00453. The molecule has 27 heavy (non-hydrogen) atoms. The molecular formula is C22H22N4O. The molecule has 0 saturated carbocycles. The summed E-state index contributed by atoms with van der Waals surface area (Å²) in [5.41, 5.74) is 2.45. The molecule has 2 heterocycles. The van der Waals surface area contributed by atoms with Gasteiger partial charge >= 0.3 is 0 Å². The fourth-order valence-electron chi connectivity index (χ4n) is 3.37. The molecule has 1 aliphatic heterocycles. The molecule has 1 fully saturated rings. The molecule has 136 valence electrons. The number of anilines is 2. The highest BCUT2D eigenvalue weighted by atomic mass is 16.2. The van der Waals surface area contributed by atoms with E-state index in [1.54, 1.807) is 6.20 Å². The van der Waals surface area contributed by atoms with Crippen LogP contribution in [-0.2, 0) is 0 Å². The summed E-state index contributed by atoms with van der Waals surface area (Å²) in [5.74, 6) is 1.25. The van der Waals surface area contributed by atoms with Gasteiger partial charge in [-0.2, -0.15) is 0 Å². The maximum absolute atomic E-state index is 13.1. The summed E-state index contributed by atoms with van der Waals surface area (Å²) in [7, 11) is 1.94. The molecule has 1 aromatic heterocycles. The molecule has 1 aliphatic rings. The molecule has 0 N–H and O–H groups in total. The monoisotopic (exact) mass is 358 g/mol. The SMILES string of the molecule is CN(c1ccccc1)c1nc(-c2ccccc2)ncc1C(=O)N1CCCC1. The predicted octanol–water partition coefficient (Wildman–Crippen LogP) is 4.15. The number of amides is 1. The van der Waals surface area contributed by atoms with Crippen molar-refractivity contribution in [3.63, 3.8) is 0 Å². The van der Waals surface area contributed by atoms with Crippen molar-refractivity contribution in [1.82, 2.24) is 14.9 Å². The Morgan fingerprint density at radius 1 is 0.963 bits per heavy atom. The van der Waals surface area contributed by atoms with Crippen molar-refractivity contribution in [1.29, 1.82) is 0 Å². The molecule has 0 bridgehead atoms. The molecule has 1 saturated heterocycles. The fourth-order valence-corrected chi connectivity index (χ4v) is 3.37. The van der Waals surface area contributed by atoms with Gasteiger partial charge in [-0.3, -0.25) is 4.79 Å². The van der Waals surface area contributed by atoms with E-state index in [9.17, 15) is 4.79 Å². The van der Waals surface area contributed by atoms with Gasteiger partial charge in [0.1, 0.15) is 11.4 Å². The number of carbonyl (C=O) groups excluding carboxylic acids is 1. The Bertz CT molecular complexity index is 922. The van der Waals surface area contributed by atoms with Gasteiger partial charge < -0.3 is 9.80 Å². The van der Waals surface area contributed by atoms with E-state index in [0.717, 1.165) is 37.2 Å². The second-order valence-electron chi connectivity index (χ2n) is 6.69. The van der Waals surface area contributed by atoms with Crippen molar-refractivity contribution in [2.24, 2.45) is 0 Å². The summed E-state index contributed by atoms with van der Waals surface area (Å²) in [6, 6.07) is 19.8. The first-order valence-electron chi connectivity index (χ1n) is 9.24. The van der Waals surface area contributed by atoms with Gasteiger partial charge in [-0.05, 0) is 25.0 Å². The molecule has 4 rings (SSSR count). The average molecular weight is 358 g/mol. The third kappa shape index (κ3) is 3.53. The summed E-state index contributed by atoms with van der Waals surface area (Å²) in [6.07, 6.45) is 3.78. The van der Waals surface area contributed by atoms with Crippen molar-refractivity contribution in [2.75, 3.05) is 25.0 Å². The van der Waals surface area contributed by atoms with Gasteiger partial charge in [0.2, 0.25) is 0 Å². The van der Waals surface area contributed by atoms with Crippen LogP contribution in [0.5, 0.6) is 0 Å². The number of benzene rings is 2. The maximum Gasteiger partial charge on any atom is 0.259 e. The standard InChI is InChI=1S/C22H22N4O/c1-25(18-12-6-3-7-13-18)21-19(22(27)26-14-8-9-15-26)16-23-20(24-21)17-10-4-2-5-11-17/h2-7,10-13,16H,8-9,14-15H2,1H3. The lowest BCUT2D eigenvalue weighted by molar-refractivity contribution is 0.0793. The van der Waals surface area contributed by atoms with Gasteiger partial charge in [0.15, 0.2) is 5.82 Å². The minimum atomic E-state index is 0.00453. The van der Waals surface area contributed by atoms with Crippen LogP contribution in [0.25, 0.3) is 11.4 Å². The molecule has 2 aromatic carbocycles. The summed E-state index contributed by atoms with van der Waals surface area (Å²) >= 11 is 0. The highest BCUT2D eigenvalue weighted by Gasteiger charge is 2.25. The van der Waals surface area contributed by atoms with Gasteiger partial charge in [0.25, 0.3) is 5.91 Å². The molecule has 1 amide bonds. The number of carbonyl (C=O) groups is 1. The van der Waals surface area contributed by atoms with Crippen molar-refractivity contribution in [3.05, 3.63) is 72.4 Å². The summed E-state index contributed by atoms with van der Waals surface area (Å²) in [4.78, 5) is 26.2. The molecule has 0 radical (unpaired) electrons. The summed E-state index contributed by atoms with van der Waals surface area (Å²) < 4.78 is 0. The van der Waals surface area contributed by atoms with Gasteiger partial charge in [0.05, 0.1) is 0 Å². The van der Waals surface area contributed by atoms with E-state index < -0.39 is 0 Å². The largest absolute Gasteiger partial charge is 0.338 e. The van der Waals surface area contributed by atoms with Crippen molar-refractivity contribution >= 4 is 17.4 Å². The second kappa shape index (κ2) is 7.58. The molecule has 0 spiro atoms. The third-order valence-electron chi connectivity index (χ3n) is 4.89. The molecule has 0 unspecified atom stereocenters. The van der Waals surface area contributed by atoms with Crippen LogP contribution in [0, 0.1) is 0 Å². The zero-order chi connectivity index (χ0) is 18.6. The van der Waals surface area contributed by atoms with Crippen molar-refractivity contribution in [2.45, 2.75) is 12.8 Å². The smallest absolute Gasteiger partial charge is 0.259 e. The topological polar surface area (TPSA) is 49.3 Å². The molecular weight excluding hydrogens is 336 g/mol. The van der Waals surface area contributed by atoms with Gasteiger partial charge in [-0.25, -0.2) is 9.97 Å². The van der Waals surface area contributed by atoms with Gasteiger partial charge in [0, 0.05) is 37.6 Å². The Labute approximate surface area is 159 Å². The van der Waals surface area contributed by atoms with Crippen LogP contribution in [0.4, 0.5) is 11.5 Å². The lowest BCUT2D eigenvalue weighted by Gasteiger charge is -2.23. The van der Waals surface area contributed by atoms with Gasteiger partial charge in [-0.1, -0.05) is 48.5 Å². The van der Waals surface area contributed by atoms with E-state index in [0.29, 0.717) is 17.2 Å². The Balaban J connectivity index is 1.79. The van der Waals surface area contributed by atoms with E-state index >= 15 is 0 Å². The number of hydrogen-bond donors (Lipinski definition) is 0. The Kier molecular flexibility index (Phi) is 4.83. The lowest BCUT2D eigenvalue weighted by Crippen LogP contribution is -2.30. The van der Waals surface area contributed by atoms with Crippen LogP contribution >= 0.6 is 0 Å². The minimum Gasteiger partial charge on any atom is -0.338 e. The molecule has 0 aliphatic carbocycles. The van der Waals surface area contributed by atoms with E-state index in [1.807, 2.05) is 77.5 Å². The third-order valence-corrected chi connectivity index (χ3v) is 4.89. The molecule has 0 atom stereocenters. The second-order valence-corrected chi connectivity index (χ2v) is 6.69. The van der Waals surface area contributed by atoms with Crippen LogP contribution in [0.1, 0.15) is 23.2 Å². The number of hydrogen-bond acceptors (Lipinski definition) is 4. The van der Waals surface area contributed by atoms with Crippen LogP contribution in [0.3, 0.4) is 0 Å². The van der Waals surface area contributed by atoms with Crippen LogP contribution in [0.15, 0.2) is 66.9 Å². The predicted molar refractivity (Wildman–Crippen MR) is 107 cm³/mol. The number of likely N-dealkylation sites (tertiary alicyclic amines) is 1. The fraction of sp³-hybridized carbons (Fsp3) is 0.227. The zero-order valence-electron chi connectivity index (χ0n) is 15.4. The van der Waals surface area contributed by atoms with E-state index in [2.05, 4.69) is 4.98 Å². The first-order chi connectivity index (χ1) is 13.2. The zero-order valence-corrected chi connectivity index (χ0v) is 15.4. The number of nitrogens with zero attached hydrogens (tertiary/aromatic N) is 4. The number of aromatic nitrogens is 2. The van der Waals surface area contributed by atoms with E-state index in [4.69, 9.17) is 4.98 Å². The number of rotatable bonds is 4. The first kappa shape index (κ1) is 17.2. The Morgan fingerprint density at radius 2 is 1.59 bits per heavy atom. The van der Waals surface area contributed by atoms with Crippen LogP contribution in [-0.4, -0.2) is 40.9 Å². The number of para-hydroxylation sites is 1. The van der Waals surface area contributed by atoms with Crippen LogP contribution < -0.4 is 4.90 Å². The van der Waals surface area contributed by atoms with E-state index in [1.165, 1.54) is 0 Å². The Morgan fingerprint density at radius 3 is 2.26 bits per heavy atom. The maximum atomic E-state index is 13.1. The Hall–Kier alpha value is -3.21. The van der Waals surface area contributed by atoms with E-state index in [-0.39, 0.29) is 5.91 Å². The lowest BCUT2D eigenvalue weighted by atomic mass is 10.2. The normalized spacial score (nSPS) is 13.6. The quantitative estimate of drug-likeness (QED) is 0.703. The van der Waals surface area contributed by atoms with Gasteiger partial charge in [-0.15, -0.1) is 0 Å². The average Bonchev–Trinajstić information content (AvgIpc) is 3.28. The first-order valence-corrected chi connectivity index (χ1v) is 9.24. The highest BCUT2D eigenvalue weighted by Crippen LogP contribution is 2.28. The molecule has 5 nitrogen and oxygen atoms in total. The molecule has 3 aromatic rings. The van der Waals surface area contributed by atoms with Crippen LogP contribution in [0.2, 0.25) is 0 Å². The summed E-state index contributed by atoms with van der Waals surface area (Å²) in [5, 5.41) is 0.